The average molecular weight is 1190 g/mol. The molecule has 78 heavy (non-hydrogen) atoms. The second-order valence-electron chi connectivity index (χ2n) is 20.3. The number of esters is 4. The zero-order valence-corrected chi connectivity index (χ0v) is 51.6. The summed E-state index contributed by atoms with van der Waals surface area (Å²) in [4.78, 5) is 48.7. The van der Waals surface area contributed by atoms with Gasteiger partial charge in [-0.05, 0) is 97.8 Å². The number of hydrogen-bond donors (Lipinski definition) is 0. The van der Waals surface area contributed by atoms with Crippen molar-refractivity contribution in [2.45, 2.75) is 154 Å². The lowest BCUT2D eigenvalue weighted by Crippen LogP contribution is -2.31. The van der Waals surface area contributed by atoms with E-state index in [1.807, 2.05) is 45.9 Å². The van der Waals surface area contributed by atoms with Crippen LogP contribution in [0.1, 0.15) is 147 Å². The van der Waals surface area contributed by atoms with Gasteiger partial charge in [0.2, 0.25) is 0 Å². The van der Waals surface area contributed by atoms with E-state index in [2.05, 4.69) is 37.5 Å². The van der Waals surface area contributed by atoms with E-state index in [-0.39, 0.29) is 72.1 Å². The molecule has 432 valence electrons. The summed E-state index contributed by atoms with van der Waals surface area (Å²) >= 11 is 6.87. The number of hydrogen-bond acceptors (Lipinski definition) is 18. The lowest BCUT2D eigenvalue weighted by molar-refractivity contribution is -0.147. The molecule has 0 amide bonds. The number of carbonyl (C=O) groups is 4. The Bertz CT molecular complexity index is 2490. The predicted molar refractivity (Wildman–Crippen MR) is 317 cm³/mol. The second-order valence-corrected chi connectivity index (χ2v) is 32.2. The highest BCUT2D eigenvalue weighted by Gasteiger charge is 2.68. The van der Waals surface area contributed by atoms with Gasteiger partial charge in [0.05, 0.1) is 32.0 Å². The molecule has 2 heterocycles. The maximum Gasteiger partial charge on any atom is 0.357 e. The number of ether oxygens (including phenoxy) is 4. The van der Waals surface area contributed by atoms with E-state index in [0.29, 0.717) is 48.7 Å². The molecule has 0 N–H and O–H groups in total. The van der Waals surface area contributed by atoms with Gasteiger partial charge in [0, 0.05) is 49.6 Å². The number of allylic oxidation sites excluding steroid dienone is 4. The largest absolute Gasteiger partial charge is 0.459 e. The first-order valence-electron chi connectivity index (χ1n) is 27.7. The molecule has 0 spiro atoms. The number of unbranched alkanes of at least 4 members (excludes halogenated alkanes) is 7. The normalized spacial score (nSPS) is 24.9. The Morgan fingerprint density at radius 3 is 1.42 bits per heavy atom. The quantitative estimate of drug-likeness (QED) is 0.0153. The average Bonchev–Trinajstić information content (AvgIpc) is 4.38. The molecule has 4 bridgehead atoms. The van der Waals surface area contributed by atoms with Crippen molar-refractivity contribution in [1.82, 2.24) is 0 Å². The van der Waals surface area contributed by atoms with E-state index in [0.717, 1.165) is 68.9 Å². The first kappa shape index (κ1) is 64.4. The molecule has 0 saturated carbocycles. The fourth-order valence-electron chi connectivity index (χ4n) is 10.5. The number of benzene rings is 1. The zero-order chi connectivity index (χ0) is 56.5. The van der Waals surface area contributed by atoms with Crippen LogP contribution in [-0.2, 0) is 66.3 Å². The fourth-order valence-corrected chi connectivity index (χ4v) is 25.7. The third-order valence-corrected chi connectivity index (χ3v) is 29.6. The summed E-state index contributed by atoms with van der Waals surface area (Å²) in [6.07, 6.45) is 27.1. The van der Waals surface area contributed by atoms with Gasteiger partial charge in [-0.2, -0.15) is 0 Å². The van der Waals surface area contributed by atoms with Crippen LogP contribution in [0.25, 0.3) is 0 Å². The van der Waals surface area contributed by atoms with Crippen LogP contribution >= 0.6 is 62.2 Å². The van der Waals surface area contributed by atoms with Crippen molar-refractivity contribution in [3.63, 3.8) is 0 Å². The number of fused-ring (bicyclic) bond motifs is 4. The summed E-state index contributed by atoms with van der Waals surface area (Å²) in [5.74, 6) is -0.753. The molecule has 2 aliphatic heterocycles. The molecule has 14 nitrogen and oxygen atoms in total. The van der Waals surface area contributed by atoms with Crippen molar-refractivity contribution in [2.75, 3.05) is 58.6 Å². The molecular formula is C58H82O14P2S4. The van der Waals surface area contributed by atoms with Crippen molar-refractivity contribution in [3.8, 4) is 0 Å². The third-order valence-electron chi connectivity index (χ3n) is 14.3. The van der Waals surface area contributed by atoms with Crippen molar-refractivity contribution >= 4 is 86.1 Å². The molecule has 6 rings (SSSR count). The first-order chi connectivity index (χ1) is 37.4. The first-order valence-corrected chi connectivity index (χ1v) is 34.4. The highest BCUT2D eigenvalue weighted by molar-refractivity contribution is 8.26. The summed E-state index contributed by atoms with van der Waals surface area (Å²) in [5.41, 5.74) is 3.64. The van der Waals surface area contributed by atoms with Crippen molar-refractivity contribution in [3.05, 3.63) is 107 Å². The van der Waals surface area contributed by atoms with Crippen LogP contribution in [0.3, 0.4) is 0 Å². The highest BCUT2D eigenvalue weighted by atomic mass is 32.2. The van der Waals surface area contributed by atoms with E-state index < -0.39 is 46.7 Å². The summed E-state index contributed by atoms with van der Waals surface area (Å²) in [6, 6.07) is 7.21. The van der Waals surface area contributed by atoms with Crippen LogP contribution in [0, 0.1) is 11.8 Å². The van der Waals surface area contributed by atoms with Crippen LogP contribution in [0.5, 0.6) is 0 Å². The maximum atomic E-state index is 14.9. The van der Waals surface area contributed by atoms with Crippen molar-refractivity contribution in [1.29, 1.82) is 0 Å². The van der Waals surface area contributed by atoms with E-state index in [1.165, 1.54) is 19.3 Å². The summed E-state index contributed by atoms with van der Waals surface area (Å²) in [7, 11) is -7.15. The van der Waals surface area contributed by atoms with Crippen LogP contribution in [-0.4, -0.2) is 99.6 Å². The van der Waals surface area contributed by atoms with Crippen molar-refractivity contribution in [2.24, 2.45) is 11.8 Å². The van der Waals surface area contributed by atoms with Crippen LogP contribution < -0.4 is 0 Å². The van der Waals surface area contributed by atoms with Crippen LogP contribution in [0.15, 0.2) is 96.2 Å². The summed E-state index contributed by atoms with van der Waals surface area (Å²) < 4.78 is 73.1. The Labute approximate surface area is 480 Å². The molecule has 0 radical (unpaired) electrons. The van der Waals surface area contributed by atoms with Gasteiger partial charge in [-0.1, -0.05) is 119 Å². The second kappa shape index (κ2) is 30.0. The minimum atomic E-state index is -3.59. The van der Waals surface area contributed by atoms with Gasteiger partial charge in [-0.25, -0.2) is 19.2 Å². The monoisotopic (exact) mass is 1190 g/mol. The summed E-state index contributed by atoms with van der Waals surface area (Å²) in [5, 5.41) is 0. The van der Waals surface area contributed by atoms with Gasteiger partial charge in [0.15, 0.2) is 7.64 Å². The number of thioether (sulfide) groups is 4. The Morgan fingerprint density at radius 2 is 1.00 bits per heavy atom. The highest BCUT2D eigenvalue weighted by Crippen LogP contribution is 2.82. The van der Waals surface area contributed by atoms with Gasteiger partial charge in [0.25, 0.3) is 0 Å². The Kier molecular flexibility index (Phi) is 24.8. The van der Waals surface area contributed by atoms with Crippen molar-refractivity contribution < 1.29 is 65.4 Å². The third kappa shape index (κ3) is 16.1. The minimum Gasteiger partial charge on any atom is -0.459 e. The Morgan fingerprint density at radius 1 is 0.577 bits per heavy atom. The Hall–Kier alpha value is -2.76. The summed E-state index contributed by atoms with van der Waals surface area (Å²) in [6.45, 7) is 18.6. The molecule has 5 aliphatic rings. The van der Waals surface area contributed by atoms with Crippen LogP contribution in [0.4, 0.5) is 0 Å². The standard InChI is InChI=1S/C58H82O14P2S4/c1-9-69-73(63,70-10-2)57(75-41-45-21-25-47(26-22-45)53(61)67-37-35-65-51(59)43(5)6)49-29-33-55(39-49,77-57)31-19-17-15-13-14-16-18-20-32-56-34-30-50(40-56)58(78-56,74(64,71-11-3)72-12-4)76-42-46-23-27-48(28-24-46)54(62)68-38-36-66-52(60)44(7)8/h21-23,25-27,29-30,33-34,49-50H,5,7,9-20,24,28,31-32,35-42H2,1-4,6,8H3. The smallest absolute Gasteiger partial charge is 0.357 e. The van der Waals surface area contributed by atoms with E-state index in [4.69, 9.17) is 37.0 Å². The van der Waals surface area contributed by atoms with Gasteiger partial charge < -0.3 is 37.0 Å². The fraction of sp³-hybridized carbons (Fsp3) is 0.621. The van der Waals surface area contributed by atoms with Crippen LogP contribution in [0.2, 0.25) is 0 Å². The van der Waals surface area contributed by atoms with E-state index in [9.17, 15) is 28.3 Å². The predicted octanol–water partition coefficient (Wildman–Crippen LogP) is 15.1. The zero-order valence-electron chi connectivity index (χ0n) is 46.6. The topological polar surface area (TPSA) is 176 Å². The molecule has 1 aromatic carbocycles. The lowest BCUT2D eigenvalue weighted by Gasteiger charge is -2.41. The van der Waals surface area contributed by atoms with Gasteiger partial charge >= 0.3 is 39.1 Å². The molecule has 3 aliphatic carbocycles. The molecule has 0 aromatic heterocycles. The molecule has 6 unspecified atom stereocenters. The minimum absolute atomic E-state index is 0.0130. The van der Waals surface area contributed by atoms with Gasteiger partial charge in [0.1, 0.15) is 26.4 Å². The molecule has 20 heteroatoms. The molecule has 6 atom stereocenters. The molecule has 2 fully saturated rings. The van der Waals surface area contributed by atoms with Gasteiger partial charge in [-0.3, -0.25) is 9.13 Å². The molecule has 2 saturated heterocycles. The SMILES string of the molecule is C=C(C)C(=O)OCCOC(=O)C1=CC=C(CSC2(P(=O)(OCC)OCC)SC3(CCCCCCCCCCC45C=CC(C4)C(SCc4ccc(C(=O)OCCOC(=O)C(=C)C)cc4)(P(=O)(OCC)OCC)S5)C=CC2C3)CC1. The maximum absolute atomic E-state index is 14.9. The van der Waals surface area contributed by atoms with E-state index >= 15 is 0 Å². The molecular weight excluding hydrogens is 1110 g/mol. The van der Waals surface area contributed by atoms with E-state index in [1.54, 1.807) is 79.1 Å². The molecule has 1 aromatic rings. The Balaban J connectivity index is 0.944. The lowest BCUT2D eigenvalue weighted by atomic mass is 9.96. The van der Waals surface area contributed by atoms with Gasteiger partial charge in [-0.15, -0.1) is 47.0 Å². The number of carbonyl (C=O) groups excluding carboxylic acids is 4. The number of rotatable bonds is 37.